The zero-order valence-electron chi connectivity index (χ0n) is 11.1. The van der Waals surface area contributed by atoms with Gasteiger partial charge in [-0.3, -0.25) is 9.59 Å². The van der Waals surface area contributed by atoms with Crippen LogP contribution in [-0.2, 0) is 29.2 Å². The van der Waals surface area contributed by atoms with E-state index >= 15 is 0 Å². The van der Waals surface area contributed by atoms with Gasteiger partial charge in [-0.05, 0) is 23.1 Å². The summed E-state index contributed by atoms with van der Waals surface area (Å²) in [5.41, 5.74) is 3.74. The second kappa shape index (κ2) is 6.24. The fourth-order valence-electron chi connectivity index (χ4n) is 2.58. The van der Waals surface area contributed by atoms with Gasteiger partial charge in [-0.25, -0.2) is 0 Å². The van der Waals surface area contributed by atoms with Crippen molar-refractivity contribution >= 4 is 24.2 Å². The smallest absolute Gasteiger partial charge is 0.242 e. The van der Waals surface area contributed by atoms with E-state index in [0.29, 0.717) is 19.4 Å². The minimum absolute atomic E-state index is 0. The Morgan fingerprint density at radius 1 is 1.30 bits per heavy atom. The third kappa shape index (κ3) is 3.11. The lowest BCUT2D eigenvalue weighted by atomic mass is 10.1. The van der Waals surface area contributed by atoms with Crippen molar-refractivity contribution < 1.29 is 9.59 Å². The summed E-state index contributed by atoms with van der Waals surface area (Å²) in [7, 11) is 0. The molecule has 2 amide bonds. The van der Waals surface area contributed by atoms with Crippen molar-refractivity contribution in [2.24, 2.45) is 0 Å². The molecule has 0 bridgehead atoms. The maximum absolute atomic E-state index is 11.9. The highest BCUT2D eigenvalue weighted by molar-refractivity contribution is 5.90. The first-order chi connectivity index (χ1) is 9.22. The van der Waals surface area contributed by atoms with Crippen LogP contribution in [0.5, 0.6) is 0 Å². The lowest BCUT2D eigenvalue weighted by Crippen LogP contribution is -2.41. The van der Waals surface area contributed by atoms with Gasteiger partial charge in [0.05, 0.1) is 0 Å². The van der Waals surface area contributed by atoms with Gasteiger partial charge in [0.1, 0.15) is 6.04 Å². The van der Waals surface area contributed by atoms with Crippen LogP contribution in [0.2, 0.25) is 0 Å². The number of carbonyl (C=O) groups is 2. The first-order valence-electron chi connectivity index (χ1n) is 6.61. The molecule has 0 aromatic heterocycles. The number of halogens is 1. The summed E-state index contributed by atoms with van der Waals surface area (Å²) >= 11 is 0. The van der Waals surface area contributed by atoms with Crippen LogP contribution in [0.3, 0.4) is 0 Å². The molecule has 2 heterocycles. The summed E-state index contributed by atoms with van der Waals surface area (Å²) < 4.78 is 0. The highest BCUT2D eigenvalue weighted by Crippen LogP contribution is 2.17. The lowest BCUT2D eigenvalue weighted by molar-refractivity contribution is -0.125. The topological polar surface area (TPSA) is 70.2 Å². The molecule has 1 aromatic rings. The Morgan fingerprint density at radius 2 is 2.10 bits per heavy atom. The number of carbonyl (C=O) groups excluding carboxylic acids is 2. The van der Waals surface area contributed by atoms with Gasteiger partial charge in [-0.15, -0.1) is 12.4 Å². The number of benzene rings is 1. The summed E-state index contributed by atoms with van der Waals surface area (Å²) in [5.74, 6) is -0.131. The summed E-state index contributed by atoms with van der Waals surface area (Å²) in [6, 6.07) is 5.92. The Balaban J connectivity index is 0.00000147. The van der Waals surface area contributed by atoms with Crippen LogP contribution in [0.15, 0.2) is 18.2 Å². The summed E-state index contributed by atoms with van der Waals surface area (Å²) in [4.78, 5) is 22.9. The second-order valence-electron chi connectivity index (χ2n) is 5.08. The Bertz CT molecular complexity index is 533. The molecule has 1 unspecified atom stereocenters. The van der Waals surface area contributed by atoms with Crippen molar-refractivity contribution in [1.82, 2.24) is 16.0 Å². The highest BCUT2D eigenvalue weighted by atomic mass is 35.5. The van der Waals surface area contributed by atoms with Crippen molar-refractivity contribution in [3.8, 4) is 0 Å². The Morgan fingerprint density at radius 3 is 2.85 bits per heavy atom. The van der Waals surface area contributed by atoms with Crippen LogP contribution in [0.4, 0.5) is 0 Å². The van der Waals surface area contributed by atoms with Gasteiger partial charge in [0, 0.05) is 26.1 Å². The SMILES string of the molecule is Cl.O=C1CCC(C(=O)NCc2ccc3c(c2)CNC3)N1. The van der Waals surface area contributed by atoms with E-state index in [1.807, 2.05) is 6.07 Å². The second-order valence-corrected chi connectivity index (χ2v) is 5.08. The fraction of sp³-hybridized carbons (Fsp3) is 0.429. The summed E-state index contributed by atoms with van der Waals surface area (Å²) in [5, 5.41) is 8.84. The number of rotatable bonds is 3. The Labute approximate surface area is 123 Å². The van der Waals surface area contributed by atoms with Crippen molar-refractivity contribution in [2.75, 3.05) is 0 Å². The van der Waals surface area contributed by atoms with Crippen LogP contribution in [0, 0.1) is 0 Å². The minimum atomic E-state index is -0.358. The lowest BCUT2D eigenvalue weighted by Gasteiger charge is -2.11. The summed E-state index contributed by atoms with van der Waals surface area (Å²) in [6.45, 7) is 2.34. The van der Waals surface area contributed by atoms with E-state index in [9.17, 15) is 9.59 Å². The molecule has 1 aromatic carbocycles. The van der Waals surface area contributed by atoms with Crippen LogP contribution in [-0.4, -0.2) is 17.9 Å². The third-order valence-electron chi connectivity index (χ3n) is 3.68. The molecule has 1 atom stereocenters. The average molecular weight is 296 g/mol. The normalized spacial score (nSPS) is 20.0. The molecular weight excluding hydrogens is 278 g/mol. The molecule has 3 rings (SSSR count). The van der Waals surface area contributed by atoms with Gasteiger partial charge in [-0.1, -0.05) is 18.2 Å². The molecule has 20 heavy (non-hydrogen) atoms. The Hall–Kier alpha value is -1.59. The van der Waals surface area contributed by atoms with Crippen molar-refractivity contribution in [3.63, 3.8) is 0 Å². The van der Waals surface area contributed by atoms with Crippen LogP contribution in [0.1, 0.15) is 29.5 Å². The average Bonchev–Trinajstić information content (AvgIpc) is 3.03. The predicted octanol–water partition coefficient (Wildman–Crippen LogP) is 0.606. The standard InChI is InChI=1S/C14H17N3O2.ClH/c18-13-4-3-12(17-13)14(19)16-6-9-1-2-10-7-15-8-11(10)5-9;/h1-2,5,12,15H,3-4,6-8H2,(H,16,19)(H,17,18);1H. The largest absolute Gasteiger partial charge is 0.350 e. The number of amides is 2. The van der Waals surface area contributed by atoms with Crippen LogP contribution in [0.25, 0.3) is 0 Å². The maximum Gasteiger partial charge on any atom is 0.242 e. The van der Waals surface area contributed by atoms with Crippen molar-refractivity contribution in [3.05, 3.63) is 34.9 Å². The number of fused-ring (bicyclic) bond motifs is 1. The van der Waals surface area contributed by atoms with Gasteiger partial charge in [0.2, 0.25) is 11.8 Å². The minimum Gasteiger partial charge on any atom is -0.350 e. The van der Waals surface area contributed by atoms with Gasteiger partial charge < -0.3 is 16.0 Å². The molecule has 2 aliphatic heterocycles. The van der Waals surface area contributed by atoms with E-state index in [-0.39, 0.29) is 30.3 Å². The number of hydrogen-bond acceptors (Lipinski definition) is 3. The third-order valence-corrected chi connectivity index (χ3v) is 3.68. The quantitative estimate of drug-likeness (QED) is 0.765. The van der Waals surface area contributed by atoms with E-state index in [1.165, 1.54) is 11.1 Å². The van der Waals surface area contributed by atoms with Gasteiger partial charge in [0.15, 0.2) is 0 Å². The molecule has 0 saturated carbocycles. The van der Waals surface area contributed by atoms with E-state index in [1.54, 1.807) is 0 Å². The van der Waals surface area contributed by atoms with Crippen molar-refractivity contribution in [2.45, 2.75) is 38.5 Å². The molecule has 108 valence electrons. The number of nitrogens with one attached hydrogen (secondary N) is 3. The van der Waals surface area contributed by atoms with Crippen molar-refractivity contribution in [1.29, 1.82) is 0 Å². The van der Waals surface area contributed by atoms with E-state index in [0.717, 1.165) is 18.7 Å². The molecule has 1 saturated heterocycles. The van der Waals surface area contributed by atoms with Gasteiger partial charge >= 0.3 is 0 Å². The summed E-state index contributed by atoms with van der Waals surface area (Å²) in [6.07, 6.45) is 1.04. The molecule has 0 spiro atoms. The first kappa shape index (κ1) is 14.8. The molecule has 6 heteroatoms. The van der Waals surface area contributed by atoms with Crippen LogP contribution < -0.4 is 16.0 Å². The van der Waals surface area contributed by atoms with E-state index in [2.05, 4.69) is 28.1 Å². The highest BCUT2D eigenvalue weighted by Gasteiger charge is 2.26. The van der Waals surface area contributed by atoms with E-state index in [4.69, 9.17) is 0 Å². The van der Waals surface area contributed by atoms with Crippen LogP contribution >= 0.6 is 12.4 Å². The molecular formula is C14H18ClN3O2. The molecule has 2 aliphatic rings. The maximum atomic E-state index is 11.9. The molecule has 3 N–H and O–H groups in total. The molecule has 0 radical (unpaired) electrons. The molecule has 0 aliphatic carbocycles. The zero-order chi connectivity index (χ0) is 13.2. The predicted molar refractivity (Wildman–Crippen MR) is 77.2 cm³/mol. The fourth-order valence-corrected chi connectivity index (χ4v) is 2.58. The van der Waals surface area contributed by atoms with Gasteiger partial charge in [0.25, 0.3) is 0 Å². The Kier molecular flexibility index (Phi) is 4.62. The monoisotopic (exact) mass is 295 g/mol. The zero-order valence-corrected chi connectivity index (χ0v) is 11.9. The molecule has 1 fully saturated rings. The number of hydrogen-bond donors (Lipinski definition) is 3. The van der Waals surface area contributed by atoms with E-state index < -0.39 is 0 Å². The first-order valence-corrected chi connectivity index (χ1v) is 6.61. The van der Waals surface area contributed by atoms with Gasteiger partial charge in [-0.2, -0.15) is 0 Å². The molecule has 5 nitrogen and oxygen atoms in total.